The van der Waals surface area contributed by atoms with Gasteiger partial charge < -0.3 is 0 Å². The number of hydrogen-bond acceptors (Lipinski definition) is 4. The van der Waals surface area contributed by atoms with E-state index in [4.69, 9.17) is 0 Å². The van der Waals surface area contributed by atoms with Crippen LogP contribution in [-0.2, 0) is 14.6 Å². The van der Waals surface area contributed by atoms with Gasteiger partial charge in [-0.3, -0.25) is 9.79 Å². The van der Waals surface area contributed by atoms with Crippen molar-refractivity contribution in [2.75, 3.05) is 5.75 Å². The third kappa shape index (κ3) is 5.08. The van der Waals surface area contributed by atoms with Crippen LogP contribution in [0.25, 0.3) is 0 Å². The molecular weight excluding hydrogens is 286 g/mol. The number of hydrogen-bond donors (Lipinski definition) is 0. The Balaban J connectivity index is 2.95. The largest absolute Gasteiger partial charge is 0.297 e. The first-order valence-corrected chi connectivity index (χ1v) is 8.74. The first kappa shape index (κ1) is 17.6. The predicted octanol–water partition coefficient (Wildman–Crippen LogP) is 2.77. The van der Waals surface area contributed by atoms with E-state index in [9.17, 15) is 13.2 Å². The Labute approximate surface area is 127 Å². The lowest BCUT2D eigenvalue weighted by Crippen LogP contribution is -2.27. The van der Waals surface area contributed by atoms with Crippen LogP contribution >= 0.6 is 0 Å². The number of aryl methyl sites for hydroxylation is 1. The van der Waals surface area contributed by atoms with Crippen molar-refractivity contribution in [3.63, 3.8) is 0 Å². The summed E-state index contributed by atoms with van der Waals surface area (Å²) < 4.78 is 25.1. The maximum atomic E-state index is 12.5. The van der Waals surface area contributed by atoms with Crippen LogP contribution < -0.4 is 0 Å². The Morgan fingerprint density at radius 1 is 1.14 bits per heavy atom. The first-order chi connectivity index (χ1) is 9.77. The summed E-state index contributed by atoms with van der Waals surface area (Å²) in [6.07, 6.45) is 1.71. The van der Waals surface area contributed by atoms with E-state index in [1.165, 1.54) is 0 Å². The second kappa shape index (κ2) is 7.50. The predicted molar refractivity (Wildman–Crippen MR) is 86.6 cm³/mol. The molecule has 21 heavy (non-hydrogen) atoms. The molecule has 1 aromatic rings. The van der Waals surface area contributed by atoms with Gasteiger partial charge in [-0.05, 0) is 25.3 Å². The number of sulfone groups is 1. The Bertz CT molecular complexity index is 588. The smallest absolute Gasteiger partial charge is 0.160 e. The highest BCUT2D eigenvalue weighted by atomic mass is 32.2. The van der Waals surface area contributed by atoms with E-state index in [0.717, 1.165) is 17.3 Å². The zero-order valence-electron chi connectivity index (χ0n) is 13.0. The molecule has 0 saturated carbocycles. The minimum absolute atomic E-state index is 0.0515. The van der Waals surface area contributed by atoms with Crippen molar-refractivity contribution < 1.29 is 13.2 Å². The summed E-state index contributed by atoms with van der Waals surface area (Å²) in [5.41, 5.74) is 1.88. The van der Waals surface area contributed by atoms with Crippen molar-refractivity contribution in [3.05, 3.63) is 35.4 Å². The van der Waals surface area contributed by atoms with Gasteiger partial charge >= 0.3 is 0 Å². The number of benzene rings is 1. The van der Waals surface area contributed by atoms with Crippen molar-refractivity contribution >= 4 is 22.3 Å². The lowest BCUT2D eigenvalue weighted by molar-refractivity contribution is -0.102. The lowest BCUT2D eigenvalue weighted by Gasteiger charge is -2.20. The minimum atomic E-state index is -3.33. The quantitative estimate of drug-likeness (QED) is 0.574. The molecule has 0 radical (unpaired) electrons. The average Bonchev–Trinajstić information content (AvgIpc) is 2.43. The van der Waals surface area contributed by atoms with E-state index in [-0.39, 0.29) is 11.7 Å². The second-order valence-electron chi connectivity index (χ2n) is 5.63. The van der Waals surface area contributed by atoms with Crippen LogP contribution in [0.2, 0.25) is 0 Å². The van der Waals surface area contributed by atoms with Gasteiger partial charge in [-0.2, -0.15) is 0 Å². The zero-order valence-corrected chi connectivity index (χ0v) is 13.8. The highest BCUT2D eigenvalue weighted by Gasteiger charge is 2.27. The standard InChI is InChI=1S/C16H23NO3S/c1-12(2)16(17-9-10-18)11-21(19,20)14(4)15-7-5-13(3)6-8-15/h5-10,12,14,16H,11H2,1-4H3. The summed E-state index contributed by atoms with van der Waals surface area (Å²) in [4.78, 5) is 14.4. The highest BCUT2D eigenvalue weighted by molar-refractivity contribution is 7.91. The van der Waals surface area contributed by atoms with Crippen LogP contribution in [0, 0.1) is 12.8 Å². The molecule has 0 aromatic heterocycles. The molecule has 0 saturated heterocycles. The molecule has 0 aliphatic heterocycles. The van der Waals surface area contributed by atoms with Gasteiger partial charge in [-0.1, -0.05) is 43.7 Å². The molecule has 1 rings (SSSR count). The first-order valence-electron chi connectivity index (χ1n) is 7.03. The molecule has 0 N–H and O–H groups in total. The maximum absolute atomic E-state index is 12.5. The Morgan fingerprint density at radius 2 is 1.71 bits per heavy atom. The number of nitrogens with zero attached hydrogens (tertiary/aromatic N) is 1. The molecular formula is C16H23NO3S. The third-order valence-electron chi connectivity index (χ3n) is 3.60. The van der Waals surface area contributed by atoms with Gasteiger partial charge in [0.15, 0.2) is 16.1 Å². The van der Waals surface area contributed by atoms with Crippen LogP contribution in [0.5, 0.6) is 0 Å². The number of carbonyl (C=O) groups excluding carboxylic acids is 1. The fourth-order valence-corrected chi connectivity index (χ4v) is 3.79. The van der Waals surface area contributed by atoms with Crippen LogP contribution in [0.1, 0.15) is 37.1 Å². The van der Waals surface area contributed by atoms with Gasteiger partial charge in [0.1, 0.15) is 0 Å². The van der Waals surface area contributed by atoms with Gasteiger partial charge in [0, 0.05) is 0 Å². The second-order valence-corrected chi connectivity index (χ2v) is 7.99. The number of carbonyl (C=O) groups is 1. The monoisotopic (exact) mass is 309 g/mol. The topological polar surface area (TPSA) is 63.6 Å². The van der Waals surface area contributed by atoms with E-state index in [1.807, 2.05) is 45.0 Å². The highest BCUT2D eigenvalue weighted by Crippen LogP contribution is 2.25. The molecule has 4 nitrogen and oxygen atoms in total. The Morgan fingerprint density at radius 3 is 2.19 bits per heavy atom. The minimum Gasteiger partial charge on any atom is -0.297 e. The SMILES string of the molecule is Cc1ccc(C(C)S(=O)(=O)CC(N=CC=O)C(C)C)cc1. The number of rotatable bonds is 7. The normalized spacial score (nSPS) is 15.3. The van der Waals surface area contributed by atoms with Gasteiger partial charge in [0.2, 0.25) is 0 Å². The average molecular weight is 309 g/mol. The van der Waals surface area contributed by atoms with Crippen LogP contribution in [0.4, 0.5) is 0 Å². The molecule has 0 heterocycles. The fourth-order valence-electron chi connectivity index (χ4n) is 1.98. The summed E-state index contributed by atoms with van der Waals surface area (Å²) >= 11 is 0. The summed E-state index contributed by atoms with van der Waals surface area (Å²) in [5, 5.41) is -0.578. The van der Waals surface area contributed by atoms with Crippen molar-refractivity contribution in [1.82, 2.24) is 0 Å². The molecule has 5 heteroatoms. The number of aldehydes is 1. The maximum Gasteiger partial charge on any atom is 0.160 e. The fraction of sp³-hybridized carbons (Fsp3) is 0.500. The van der Waals surface area contributed by atoms with Crippen LogP contribution in [0.3, 0.4) is 0 Å². The molecule has 0 amide bonds. The summed E-state index contributed by atoms with van der Waals surface area (Å²) in [7, 11) is -3.33. The number of aliphatic imine (C=N–C) groups is 1. The van der Waals surface area contributed by atoms with E-state index < -0.39 is 21.1 Å². The van der Waals surface area contributed by atoms with Crippen molar-refractivity contribution in [1.29, 1.82) is 0 Å². The van der Waals surface area contributed by atoms with E-state index in [0.29, 0.717) is 6.29 Å². The van der Waals surface area contributed by atoms with E-state index in [1.54, 1.807) is 6.92 Å². The van der Waals surface area contributed by atoms with Gasteiger partial charge in [-0.15, -0.1) is 0 Å². The van der Waals surface area contributed by atoms with Crippen molar-refractivity contribution in [3.8, 4) is 0 Å². The summed E-state index contributed by atoms with van der Waals surface area (Å²) in [6.45, 7) is 7.46. The molecule has 0 aliphatic carbocycles. The van der Waals surface area contributed by atoms with Gasteiger partial charge in [0.05, 0.1) is 23.3 Å². The van der Waals surface area contributed by atoms with Crippen molar-refractivity contribution in [2.24, 2.45) is 10.9 Å². The van der Waals surface area contributed by atoms with Gasteiger partial charge in [-0.25, -0.2) is 8.42 Å². The molecule has 1 aromatic carbocycles. The zero-order chi connectivity index (χ0) is 16.0. The molecule has 0 fully saturated rings. The third-order valence-corrected chi connectivity index (χ3v) is 5.75. The van der Waals surface area contributed by atoms with Crippen LogP contribution in [0.15, 0.2) is 29.3 Å². The molecule has 116 valence electrons. The Hall–Kier alpha value is -1.49. The lowest BCUT2D eigenvalue weighted by atomic mass is 10.1. The molecule has 0 spiro atoms. The van der Waals surface area contributed by atoms with E-state index >= 15 is 0 Å². The van der Waals surface area contributed by atoms with Crippen molar-refractivity contribution in [2.45, 2.75) is 39.0 Å². The van der Waals surface area contributed by atoms with E-state index in [2.05, 4.69) is 4.99 Å². The molecule has 2 atom stereocenters. The summed E-state index contributed by atoms with van der Waals surface area (Å²) in [5.74, 6) is 0.00512. The molecule has 0 aliphatic rings. The summed E-state index contributed by atoms with van der Waals surface area (Å²) in [6, 6.07) is 7.11. The van der Waals surface area contributed by atoms with Crippen LogP contribution in [-0.4, -0.2) is 32.7 Å². The van der Waals surface area contributed by atoms with Gasteiger partial charge in [0.25, 0.3) is 0 Å². The Kier molecular flexibility index (Phi) is 6.27. The molecule has 2 unspecified atom stereocenters. The molecule has 0 bridgehead atoms.